The lowest BCUT2D eigenvalue weighted by Crippen LogP contribution is -2.19. The van der Waals surface area contributed by atoms with Crippen molar-refractivity contribution in [2.75, 3.05) is 6.61 Å². The van der Waals surface area contributed by atoms with Gasteiger partial charge in [-0.15, -0.1) is 0 Å². The summed E-state index contributed by atoms with van der Waals surface area (Å²) in [6, 6.07) is 0. The fraction of sp³-hybridized carbons (Fsp3) is 0.786. The van der Waals surface area contributed by atoms with Crippen molar-refractivity contribution in [2.24, 2.45) is 5.92 Å². The van der Waals surface area contributed by atoms with Crippen LogP contribution in [-0.2, 0) is 14.3 Å². The van der Waals surface area contributed by atoms with Crippen LogP contribution in [-0.4, -0.2) is 18.9 Å². The highest BCUT2D eigenvalue weighted by molar-refractivity contribution is 5.86. The molecule has 0 spiro atoms. The molecular formula is C14H26O3. The van der Waals surface area contributed by atoms with Gasteiger partial charge in [-0.2, -0.15) is 0 Å². The van der Waals surface area contributed by atoms with Crippen LogP contribution in [0, 0.1) is 5.92 Å². The van der Waals surface area contributed by atoms with Gasteiger partial charge in [0.1, 0.15) is 0 Å². The molecule has 0 heterocycles. The molecule has 0 radical (unpaired) electrons. The Bertz CT molecular complexity index is 234. The first-order chi connectivity index (χ1) is 7.93. The minimum Gasteiger partial charge on any atom is -0.433 e. The molecule has 0 amide bonds. The fourth-order valence-electron chi connectivity index (χ4n) is 1.37. The highest BCUT2D eigenvalue weighted by atomic mass is 16.7. The monoisotopic (exact) mass is 242 g/mol. The Balaban J connectivity index is 3.42. The van der Waals surface area contributed by atoms with Crippen molar-refractivity contribution in [2.45, 2.75) is 59.7 Å². The van der Waals surface area contributed by atoms with E-state index in [2.05, 4.69) is 20.4 Å². The summed E-state index contributed by atoms with van der Waals surface area (Å²) < 4.78 is 10.4. The van der Waals surface area contributed by atoms with Crippen molar-refractivity contribution in [1.29, 1.82) is 0 Å². The highest BCUT2D eigenvalue weighted by Crippen LogP contribution is 2.08. The Morgan fingerprint density at radius 1 is 1.18 bits per heavy atom. The van der Waals surface area contributed by atoms with E-state index < -0.39 is 12.3 Å². The number of hydrogen-bond donors (Lipinski definition) is 0. The van der Waals surface area contributed by atoms with E-state index in [1.54, 1.807) is 13.8 Å². The highest BCUT2D eigenvalue weighted by Gasteiger charge is 2.09. The molecule has 0 aliphatic carbocycles. The third kappa shape index (κ3) is 10.1. The average Bonchev–Trinajstić information content (AvgIpc) is 2.22. The molecule has 0 fully saturated rings. The van der Waals surface area contributed by atoms with Crippen LogP contribution in [0.2, 0.25) is 0 Å². The van der Waals surface area contributed by atoms with Crippen molar-refractivity contribution < 1.29 is 14.3 Å². The smallest absolute Gasteiger partial charge is 0.335 e. The van der Waals surface area contributed by atoms with Crippen molar-refractivity contribution in [3.63, 3.8) is 0 Å². The summed E-state index contributed by atoms with van der Waals surface area (Å²) in [5.41, 5.74) is 0.400. The average molecular weight is 242 g/mol. The summed E-state index contributed by atoms with van der Waals surface area (Å²) in [5.74, 6) is 0.378. The predicted molar refractivity (Wildman–Crippen MR) is 69.6 cm³/mol. The van der Waals surface area contributed by atoms with Crippen molar-refractivity contribution >= 4 is 5.97 Å². The summed E-state index contributed by atoms with van der Waals surface area (Å²) in [7, 11) is 0. The number of carbonyl (C=O) groups is 1. The Morgan fingerprint density at radius 2 is 1.82 bits per heavy atom. The first-order valence-electron chi connectivity index (χ1n) is 6.41. The van der Waals surface area contributed by atoms with Crippen LogP contribution < -0.4 is 0 Å². The van der Waals surface area contributed by atoms with Gasteiger partial charge in [0.25, 0.3) is 0 Å². The summed E-state index contributed by atoms with van der Waals surface area (Å²) in [6.45, 7) is 12.0. The van der Waals surface area contributed by atoms with Crippen molar-refractivity contribution in [3.05, 3.63) is 12.2 Å². The first kappa shape index (κ1) is 16.2. The van der Waals surface area contributed by atoms with Gasteiger partial charge in [0, 0.05) is 5.57 Å². The number of carbonyl (C=O) groups excluding carboxylic acids is 1. The molecule has 0 saturated heterocycles. The van der Waals surface area contributed by atoms with E-state index in [1.165, 1.54) is 19.3 Å². The fourth-order valence-corrected chi connectivity index (χ4v) is 1.37. The molecule has 0 aromatic rings. The molecule has 0 saturated carbocycles. The maximum atomic E-state index is 11.2. The summed E-state index contributed by atoms with van der Waals surface area (Å²) >= 11 is 0. The summed E-state index contributed by atoms with van der Waals surface area (Å²) in [6.07, 6.45) is 4.20. The van der Waals surface area contributed by atoms with Gasteiger partial charge in [-0.25, -0.2) is 4.79 Å². The molecule has 0 rings (SSSR count). The third-order valence-electron chi connectivity index (χ3n) is 2.40. The Labute approximate surface area is 105 Å². The van der Waals surface area contributed by atoms with E-state index in [1.807, 2.05) is 0 Å². The van der Waals surface area contributed by atoms with Crippen LogP contribution in [0.25, 0.3) is 0 Å². The van der Waals surface area contributed by atoms with Crippen LogP contribution in [0.5, 0.6) is 0 Å². The van der Waals surface area contributed by atoms with E-state index in [0.29, 0.717) is 12.2 Å². The second-order valence-electron chi connectivity index (χ2n) is 4.87. The molecule has 17 heavy (non-hydrogen) atoms. The zero-order valence-electron chi connectivity index (χ0n) is 11.6. The predicted octanol–water partition coefficient (Wildman–Crippen LogP) is 3.68. The van der Waals surface area contributed by atoms with E-state index >= 15 is 0 Å². The van der Waals surface area contributed by atoms with E-state index in [9.17, 15) is 4.79 Å². The second kappa shape index (κ2) is 9.23. The molecule has 0 aliphatic heterocycles. The van der Waals surface area contributed by atoms with E-state index in [0.717, 1.165) is 12.3 Å². The quantitative estimate of drug-likeness (QED) is 0.268. The van der Waals surface area contributed by atoms with Gasteiger partial charge in [0.15, 0.2) is 6.29 Å². The Morgan fingerprint density at radius 3 is 2.35 bits per heavy atom. The van der Waals surface area contributed by atoms with E-state index in [4.69, 9.17) is 9.47 Å². The number of rotatable bonds is 9. The lowest BCUT2D eigenvalue weighted by molar-refractivity contribution is -0.170. The lowest BCUT2D eigenvalue weighted by Gasteiger charge is -2.14. The number of esters is 1. The number of unbranched alkanes of at least 4 members (excludes halogenated alkanes) is 2. The SMILES string of the molecule is C=C(C)C(=O)OC(C)OCCCCCC(C)C. The van der Waals surface area contributed by atoms with Crippen molar-refractivity contribution in [3.8, 4) is 0 Å². The molecule has 1 unspecified atom stereocenters. The standard InChI is InChI=1S/C14H26O3/c1-11(2)9-7-6-8-10-16-13(5)17-14(15)12(3)4/h11,13H,3,6-10H2,1-2,4-5H3. The maximum Gasteiger partial charge on any atom is 0.335 e. The van der Waals surface area contributed by atoms with Crippen LogP contribution >= 0.6 is 0 Å². The molecule has 0 aromatic carbocycles. The largest absolute Gasteiger partial charge is 0.433 e. The first-order valence-corrected chi connectivity index (χ1v) is 6.41. The molecule has 3 heteroatoms. The molecule has 100 valence electrons. The molecule has 3 nitrogen and oxygen atoms in total. The normalized spacial score (nSPS) is 12.5. The molecule has 0 aromatic heterocycles. The zero-order chi connectivity index (χ0) is 13.3. The third-order valence-corrected chi connectivity index (χ3v) is 2.40. The zero-order valence-corrected chi connectivity index (χ0v) is 11.6. The van der Waals surface area contributed by atoms with Gasteiger partial charge < -0.3 is 9.47 Å². The van der Waals surface area contributed by atoms with Gasteiger partial charge in [-0.05, 0) is 26.2 Å². The molecule has 0 bridgehead atoms. The van der Waals surface area contributed by atoms with Gasteiger partial charge in [0.2, 0.25) is 0 Å². The topological polar surface area (TPSA) is 35.5 Å². The van der Waals surface area contributed by atoms with Crippen LogP contribution in [0.4, 0.5) is 0 Å². The number of ether oxygens (including phenoxy) is 2. The van der Waals surface area contributed by atoms with Gasteiger partial charge in [0.05, 0.1) is 6.61 Å². The van der Waals surface area contributed by atoms with Gasteiger partial charge in [-0.3, -0.25) is 0 Å². The van der Waals surface area contributed by atoms with Crippen LogP contribution in [0.3, 0.4) is 0 Å². The van der Waals surface area contributed by atoms with Crippen LogP contribution in [0.1, 0.15) is 53.4 Å². The minimum absolute atomic E-state index is 0.391. The molecule has 0 aliphatic rings. The second-order valence-corrected chi connectivity index (χ2v) is 4.87. The van der Waals surface area contributed by atoms with E-state index in [-0.39, 0.29) is 0 Å². The minimum atomic E-state index is -0.482. The van der Waals surface area contributed by atoms with Crippen LogP contribution in [0.15, 0.2) is 12.2 Å². The van der Waals surface area contributed by atoms with Gasteiger partial charge >= 0.3 is 5.97 Å². The Kier molecular flexibility index (Phi) is 8.78. The summed E-state index contributed by atoms with van der Waals surface area (Å²) in [5, 5.41) is 0. The molecular weight excluding hydrogens is 216 g/mol. The van der Waals surface area contributed by atoms with Gasteiger partial charge in [-0.1, -0.05) is 39.7 Å². The van der Waals surface area contributed by atoms with Crippen molar-refractivity contribution in [1.82, 2.24) is 0 Å². The Hall–Kier alpha value is -0.830. The summed E-state index contributed by atoms with van der Waals surface area (Å²) in [4.78, 5) is 11.2. The molecule has 1 atom stereocenters. The lowest BCUT2D eigenvalue weighted by atomic mass is 10.1. The molecule has 0 N–H and O–H groups in total. The number of hydrogen-bond acceptors (Lipinski definition) is 3. The maximum absolute atomic E-state index is 11.2.